The first-order valence-corrected chi connectivity index (χ1v) is 8.12. The largest absolute Gasteiger partial charge is 0.491 e. The Morgan fingerprint density at radius 3 is 2.05 bits per heavy atom. The molecule has 0 aliphatic heterocycles. The van der Waals surface area contributed by atoms with E-state index in [1.807, 2.05) is 31.3 Å². The van der Waals surface area contributed by atoms with Crippen molar-refractivity contribution >= 4 is 32.1 Å². The van der Waals surface area contributed by atoms with Crippen LogP contribution in [0.15, 0.2) is 24.3 Å². The molecule has 0 aliphatic carbocycles. The second-order valence-electron chi connectivity index (χ2n) is 4.26. The van der Waals surface area contributed by atoms with Crippen LogP contribution in [0, 0.1) is 0 Å². The number of hydrogen-bond donors (Lipinski definition) is 1. The third kappa shape index (κ3) is 9.93. The number of rotatable bonds is 13. The predicted molar refractivity (Wildman–Crippen MR) is 93.0 cm³/mol. The van der Waals surface area contributed by atoms with Gasteiger partial charge in [0, 0.05) is 35.3 Å². The zero-order chi connectivity index (χ0) is 16.0. The molecule has 0 spiro atoms. The van der Waals surface area contributed by atoms with Crippen molar-refractivity contribution in [2.24, 2.45) is 0 Å². The van der Waals surface area contributed by atoms with Crippen molar-refractivity contribution < 1.29 is 23.7 Å². The number of nitrogens with one attached hydrogen (secondary N) is 1. The summed E-state index contributed by atoms with van der Waals surface area (Å²) < 4.78 is 21.3. The van der Waals surface area contributed by atoms with Gasteiger partial charge < -0.3 is 24.3 Å². The molecule has 0 radical (unpaired) electrons. The molecule has 0 saturated carbocycles. The van der Waals surface area contributed by atoms with Crippen LogP contribution in [-0.4, -0.2) is 57.1 Å². The summed E-state index contributed by atoms with van der Waals surface area (Å²) in [4.78, 5) is 10.6. The van der Waals surface area contributed by atoms with Crippen molar-refractivity contribution in [2.45, 2.75) is 0 Å². The lowest BCUT2D eigenvalue weighted by atomic mass is 10.3. The maximum absolute atomic E-state index is 10.6. The number of ether oxygens (including phenoxy) is 4. The normalized spacial score (nSPS) is 10.5. The fraction of sp³-hybridized carbons (Fsp3) is 0.533. The van der Waals surface area contributed by atoms with Gasteiger partial charge in [-0.15, -0.1) is 0 Å². The molecule has 1 rings (SSSR count). The highest BCUT2D eigenvalue weighted by molar-refractivity contribution is 14.1. The highest BCUT2D eigenvalue weighted by Gasteiger charge is 1.96. The maximum Gasteiger partial charge on any atom is 0.217 e. The van der Waals surface area contributed by atoms with Crippen LogP contribution >= 0.6 is 22.6 Å². The summed E-state index contributed by atoms with van der Waals surface area (Å²) in [6, 6.07) is 7.74. The molecule has 0 fully saturated rings. The van der Waals surface area contributed by atoms with E-state index in [9.17, 15) is 4.79 Å². The van der Waals surface area contributed by atoms with E-state index in [0.717, 1.165) is 11.4 Å². The van der Waals surface area contributed by atoms with Crippen LogP contribution in [0.2, 0.25) is 0 Å². The van der Waals surface area contributed by atoms with Gasteiger partial charge in [0.2, 0.25) is 3.79 Å². The molecular formula is C15H22INO5. The third-order valence-electron chi connectivity index (χ3n) is 2.60. The van der Waals surface area contributed by atoms with E-state index >= 15 is 0 Å². The Bertz CT molecular complexity index is 413. The molecule has 6 nitrogen and oxygen atoms in total. The fourth-order valence-corrected chi connectivity index (χ4v) is 1.75. The van der Waals surface area contributed by atoms with Crippen LogP contribution in [0.3, 0.4) is 0 Å². The van der Waals surface area contributed by atoms with Gasteiger partial charge in [0.1, 0.15) is 19.0 Å². The second-order valence-corrected chi connectivity index (χ2v) is 5.46. The Morgan fingerprint density at radius 2 is 1.50 bits per heavy atom. The Balaban J connectivity index is 1.88. The average molecular weight is 423 g/mol. The van der Waals surface area contributed by atoms with Gasteiger partial charge in [-0.25, -0.2) is 0 Å². The summed E-state index contributed by atoms with van der Waals surface area (Å²) >= 11 is 1.70. The molecule has 1 aromatic rings. The van der Waals surface area contributed by atoms with Crippen molar-refractivity contribution in [1.29, 1.82) is 0 Å². The van der Waals surface area contributed by atoms with Gasteiger partial charge in [0.15, 0.2) is 0 Å². The molecule has 0 amide bonds. The number of hydrogen-bond acceptors (Lipinski definition) is 6. The van der Waals surface area contributed by atoms with E-state index in [1.165, 1.54) is 0 Å². The smallest absolute Gasteiger partial charge is 0.217 e. The Hall–Kier alpha value is -0.900. The fourth-order valence-electron chi connectivity index (χ4n) is 1.53. The summed E-state index contributed by atoms with van der Waals surface area (Å²) in [5.41, 5.74) is 1.05. The van der Waals surface area contributed by atoms with E-state index in [1.54, 1.807) is 22.6 Å². The van der Waals surface area contributed by atoms with Gasteiger partial charge in [-0.1, -0.05) is 0 Å². The molecule has 22 heavy (non-hydrogen) atoms. The van der Waals surface area contributed by atoms with Gasteiger partial charge in [-0.2, -0.15) is 0 Å². The van der Waals surface area contributed by atoms with E-state index in [0.29, 0.717) is 39.6 Å². The molecule has 1 N–H and O–H groups in total. The number of carbonyl (C=O) groups is 1. The monoisotopic (exact) mass is 423 g/mol. The first kappa shape index (κ1) is 19.1. The molecular weight excluding hydrogens is 401 g/mol. The zero-order valence-electron chi connectivity index (χ0n) is 12.7. The molecule has 0 bridgehead atoms. The lowest BCUT2D eigenvalue weighted by Crippen LogP contribution is -2.13. The Kier molecular flexibility index (Phi) is 11.0. The SMILES string of the molecule is CNc1ccc(OCCOCCOCCOCC(=O)I)cc1. The molecule has 124 valence electrons. The van der Waals surface area contributed by atoms with Gasteiger partial charge >= 0.3 is 0 Å². The van der Waals surface area contributed by atoms with Crippen molar-refractivity contribution in [3.8, 4) is 5.75 Å². The van der Waals surface area contributed by atoms with Crippen LogP contribution in [0.1, 0.15) is 0 Å². The minimum absolute atomic E-state index is 0.0125. The molecule has 0 aliphatic rings. The highest BCUT2D eigenvalue weighted by atomic mass is 127. The summed E-state index contributed by atoms with van der Waals surface area (Å²) in [7, 11) is 1.88. The van der Waals surface area contributed by atoms with Gasteiger partial charge in [-0.3, -0.25) is 4.79 Å². The van der Waals surface area contributed by atoms with E-state index in [2.05, 4.69) is 5.32 Å². The number of benzene rings is 1. The summed E-state index contributed by atoms with van der Waals surface area (Å²) in [5.74, 6) is 0.820. The van der Waals surface area contributed by atoms with Crippen molar-refractivity contribution in [2.75, 3.05) is 58.6 Å². The summed E-state index contributed by atoms with van der Waals surface area (Å²) in [6.07, 6.45) is 0. The van der Waals surface area contributed by atoms with Crippen LogP contribution < -0.4 is 10.1 Å². The van der Waals surface area contributed by atoms with Crippen LogP contribution in [0.5, 0.6) is 5.75 Å². The minimum atomic E-state index is -0.0125. The second kappa shape index (κ2) is 12.6. The Morgan fingerprint density at radius 1 is 0.955 bits per heavy atom. The first-order valence-electron chi connectivity index (χ1n) is 7.04. The molecule has 0 heterocycles. The van der Waals surface area contributed by atoms with Crippen LogP contribution in [0.4, 0.5) is 5.69 Å². The highest BCUT2D eigenvalue weighted by Crippen LogP contribution is 2.14. The van der Waals surface area contributed by atoms with Gasteiger partial charge in [0.25, 0.3) is 0 Å². The number of anilines is 1. The number of halogens is 1. The molecule has 0 saturated heterocycles. The lowest BCUT2D eigenvalue weighted by Gasteiger charge is -2.08. The minimum Gasteiger partial charge on any atom is -0.491 e. The van der Waals surface area contributed by atoms with Crippen molar-refractivity contribution in [1.82, 2.24) is 0 Å². The van der Waals surface area contributed by atoms with E-state index < -0.39 is 0 Å². The van der Waals surface area contributed by atoms with Gasteiger partial charge in [-0.05, 0) is 24.3 Å². The van der Waals surface area contributed by atoms with Crippen LogP contribution in [0.25, 0.3) is 0 Å². The zero-order valence-corrected chi connectivity index (χ0v) is 14.8. The quantitative estimate of drug-likeness (QED) is 0.298. The Labute approximate surface area is 144 Å². The molecule has 0 aromatic heterocycles. The van der Waals surface area contributed by atoms with Crippen molar-refractivity contribution in [3.05, 3.63) is 24.3 Å². The van der Waals surface area contributed by atoms with Crippen molar-refractivity contribution in [3.63, 3.8) is 0 Å². The topological polar surface area (TPSA) is 66.0 Å². The van der Waals surface area contributed by atoms with Gasteiger partial charge in [0.05, 0.1) is 33.0 Å². The molecule has 7 heteroatoms. The average Bonchev–Trinajstić information content (AvgIpc) is 2.53. The standard InChI is InChI=1S/C15H22INO5/c1-17-13-2-4-14(5-3-13)22-11-10-20-7-6-19-8-9-21-12-15(16)18/h2-5,17H,6-12H2,1H3. The maximum atomic E-state index is 10.6. The lowest BCUT2D eigenvalue weighted by molar-refractivity contribution is -0.114. The molecule has 0 atom stereocenters. The molecule has 1 aromatic carbocycles. The first-order chi connectivity index (χ1) is 10.7. The van der Waals surface area contributed by atoms with Crippen LogP contribution in [-0.2, 0) is 19.0 Å². The molecule has 0 unspecified atom stereocenters. The third-order valence-corrected chi connectivity index (χ3v) is 2.91. The number of carbonyl (C=O) groups excluding carboxylic acids is 1. The summed E-state index contributed by atoms with van der Waals surface area (Å²) in [6.45, 7) is 3.03. The van der Waals surface area contributed by atoms with E-state index in [-0.39, 0.29) is 10.4 Å². The predicted octanol–water partition coefficient (Wildman–Crippen LogP) is 2.12. The van der Waals surface area contributed by atoms with E-state index in [4.69, 9.17) is 18.9 Å². The summed E-state index contributed by atoms with van der Waals surface area (Å²) in [5, 5.41) is 3.05.